The van der Waals surface area contributed by atoms with Gasteiger partial charge in [-0.25, -0.2) is 8.93 Å². The highest BCUT2D eigenvalue weighted by Gasteiger charge is 2.44. The largest absolute Gasteiger partial charge is 0.381 e. The summed E-state index contributed by atoms with van der Waals surface area (Å²) in [6, 6.07) is 0. The zero-order valence-corrected chi connectivity index (χ0v) is 9.06. The van der Waals surface area contributed by atoms with Crippen LogP contribution in [0, 0.1) is 0 Å². The molecule has 1 atom stereocenters. The second-order valence-corrected chi connectivity index (χ2v) is 4.85. The molecule has 0 aromatic rings. The van der Waals surface area contributed by atoms with Gasteiger partial charge in [-0.3, -0.25) is 4.79 Å². The van der Waals surface area contributed by atoms with Crippen LogP contribution in [-0.2, 0) is 20.5 Å². The van der Waals surface area contributed by atoms with Gasteiger partial charge in [0.2, 0.25) is 5.91 Å². The zero-order valence-electron chi connectivity index (χ0n) is 8.25. The van der Waals surface area contributed by atoms with E-state index in [-0.39, 0.29) is 0 Å². The molecule has 1 saturated heterocycles. The van der Waals surface area contributed by atoms with Crippen LogP contribution in [0.5, 0.6) is 0 Å². The van der Waals surface area contributed by atoms with Crippen LogP contribution in [0.4, 0.5) is 0 Å². The SMILES string of the molecule is CCNS(=O)C1(C(N)=O)CCOCC1. The number of ether oxygens (including phenoxy) is 1. The van der Waals surface area contributed by atoms with E-state index in [1.54, 1.807) is 0 Å². The van der Waals surface area contributed by atoms with Gasteiger partial charge < -0.3 is 10.5 Å². The predicted octanol–water partition coefficient (Wildman–Crippen LogP) is -0.706. The number of carbonyl (C=O) groups excluding carboxylic acids is 1. The highest BCUT2D eigenvalue weighted by Crippen LogP contribution is 2.26. The third kappa shape index (κ3) is 2.13. The molecule has 82 valence electrons. The van der Waals surface area contributed by atoms with Crippen molar-refractivity contribution in [3.63, 3.8) is 0 Å². The third-order valence-electron chi connectivity index (χ3n) is 2.38. The highest BCUT2D eigenvalue weighted by molar-refractivity contribution is 7.85. The molecule has 0 spiro atoms. The molecule has 1 aliphatic rings. The number of rotatable bonds is 4. The lowest BCUT2D eigenvalue weighted by molar-refractivity contribution is -0.122. The maximum atomic E-state index is 11.8. The van der Waals surface area contributed by atoms with Crippen LogP contribution >= 0.6 is 0 Å². The van der Waals surface area contributed by atoms with E-state index in [9.17, 15) is 9.00 Å². The van der Waals surface area contributed by atoms with Gasteiger partial charge in [-0.15, -0.1) is 0 Å². The average Bonchev–Trinajstić information content (AvgIpc) is 2.19. The number of amides is 1. The number of hydrogen-bond donors (Lipinski definition) is 2. The van der Waals surface area contributed by atoms with Gasteiger partial charge >= 0.3 is 0 Å². The van der Waals surface area contributed by atoms with Gasteiger partial charge in [0.15, 0.2) is 0 Å². The Morgan fingerprint density at radius 1 is 1.57 bits per heavy atom. The van der Waals surface area contributed by atoms with Crippen LogP contribution in [0.1, 0.15) is 19.8 Å². The Hall–Kier alpha value is -0.460. The number of nitrogens with two attached hydrogens (primary N) is 1. The number of primary amides is 1. The molecule has 0 aromatic heterocycles. The Morgan fingerprint density at radius 3 is 2.57 bits per heavy atom. The zero-order chi connectivity index (χ0) is 10.6. The Balaban J connectivity index is 2.80. The number of hydrogen-bond acceptors (Lipinski definition) is 3. The lowest BCUT2D eigenvalue weighted by Gasteiger charge is -2.32. The van der Waals surface area contributed by atoms with Gasteiger partial charge in [0.05, 0.1) is 0 Å². The van der Waals surface area contributed by atoms with E-state index in [4.69, 9.17) is 10.5 Å². The molecule has 0 saturated carbocycles. The van der Waals surface area contributed by atoms with E-state index in [0.29, 0.717) is 32.6 Å². The molecular formula is C8H16N2O3S. The Morgan fingerprint density at radius 2 is 2.14 bits per heavy atom. The van der Waals surface area contributed by atoms with E-state index >= 15 is 0 Å². The van der Waals surface area contributed by atoms with E-state index in [2.05, 4.69) is 4.72 Å². The molecule has 3 N–H and O–H groups in total. The van der Waals surface area contributed by atoms with Crippen LogP contribution < -0.4 is 10.5 Å². The van der Waals surface area contributed by atoms with Gasteiger partial charge in [0.25, 0.3) is 0 Å². The highest BCUT2D eigenvalue weighted by atomic mass is 32.2. The fourth-order valence-electron chi connectivity index (χ4n) is 1.49. The molecule has 1 heterocycles. The van der Waals surface area contributed by atoms with Crippen molar-refractivity contribution in [1.82, 2.24) is 4.72 Å². The van der Waals surface area contributed by atoms with Crippen LogP contribution in [-0.4, -0.2) is 34.6 Å². The lowest BCUT2D eigenvalue weighted by Crippen LogP contribution is -2.54. The molecule has 6 heteroatoms. The summed E-state index contributed by atoms with van der Waals surface area (Å²) in [5.41, 5.74) is 5.31. The maximum absolute atomic E-state index is 11.8. The fourth-order valence-corrected chi connectivity index (χ4v) is 2.75. The molecule has 1 amide bonds. The Labute approximate surface area is 86.0 Å². The summed E-state index contributed by atoms with van der Waals surface area (Å²) in [6.07, 6.45) is 0.865. The van der Waals surface area contributed by atoms with E-state index in [0.717, 1.165) is 0 Å². The quantitative estimate of drug-likeness (QED) is 0.657. The van der Waals surface area contributed by atoms with Crippen molar-refractivity contribution < 1.29 is 13.7 Å². The van der Waals surface area contributed by atoms with Gasteiger partial charge in [-0.05, 0) is 12.8 Å². The van der Waals surface area contributed by atoms with Crippen molar-refractivity contribution in [2.45, 2.75) is 24.5 Å². The molecule has 0 radical (unpaired) electrons. The Kier molecular flexibility index (Phi) is 4.03. The van der Waals surface area contributed by atoms with Crippen molar-refractivity contribution in [3.05, 3.63) is 0 Å². The van der Waals surface area contributed by atoms with Gasteiger partial charge in [0, 0.05) is 19.8 Å². The summed E-state index contributed by atoms with van der Waals surface area (Å²) >= 11 is 0. The normalized spacial score (nSPS) is 22.9. The van der Waals surface area contributed by atoms with Crippen LogP contribution in [0.25, 0.3) is 0 Å². The number of carbonyl (C=O) groups is 1. The second kappa shape index (κ2) is 4.86. The van der Waals surface area contributed by atoms with Crippen molar-refractivity contribution in [2.24, 2.45) is 5.73 Å². The minimum absolute atomic E-state index is 0.432. The maximum Gasteiger partial charge on any atom is 0.237 e. The van der Waals surface area contributed by atoms with Gasteiger partial charge in [-0.1, -0.05) is 6.92 Å². The fraction of sp³-hybridized carbons (Fsp3) is 0.875. The van der Waals surface area contributed by atoms with Gasteiger partial charge in [0.1, 0.15) is 15.7 Å². The molecule has 5 nitrogen and oxygen atoms in total. The summed E-state index contributed by atoms with van der Waals surface area (Å²) in [7, 11) is -1.40. The predicted molar refractivity (Wildman–Crippen MR) is 53.8 cm³/mol. The first-order chi connectivity index (χ1) is 6.63. The molecule has 1 rings (SSSR count). The molecule has 0 aromatic carbocycles. The second-order valence-electron chi connectivity index (χ2n) is 3.24. The molecule has 1 unspecified atom stereocenters. The summed E-state index contributed by atoms with van der Waals surface area (Å²) in [4.78, 5) is 11.3. The summed E-state index contributed by atoms with van der Waals surface area (Å²) < 4.78 is 18.8. The van der Waals surface area contributed by atoms with Crippen LogP contribution in [0.3, 0.4) is 0 Å². The lowest BCUT2D eigenvalue weighted by atomic mass is 9.98. The van der Waals surface area contributed by atoms with Crippen molar-refractivity contribution >= 4 is 16.9 Å². The standard InChI is InChI=1S/C8H16N2O3S/c1-2-10-14(12)8(7(9)11)3-5-13-6-4-8/h10H,2-6H2,1H3,(H2,9,11). The van der Waals surface area contributed by atoms with Crippen molar-refractivity contribution in [1.29, 1.82) is 0 Å². The van der Waals surface area contributed by atoms with E-state index in [1.807, 2.05) is 6.92 Å². The molecular weight excluding hydrogens is 204 g/mol. The molecule has 1 aliphatic heterocycles. The summed E-state index contributed by atoms with van der Waals surface area (Å²) in [6.45, 7) is 3.29. The molecule has 0 bridgehead atoms. The smallest absolute Gasteiger partial charge is 0.237 e. The first kappa shape index (κ1) is 11.6. The van der Waals surface area contributed by atoms with Crippen LogP contribution in [0.15, 0.2) is 0 Å². The van der Waals surface area contributed by atoms with Crippen LogP contribution in [0.2, 0.25) is 0 Å². The minimum atomic E-state index is -1.40. The van der Waals surface area contributed by atoms with Crippen molar-refractivity contribution in [2.75, 3.05) is 19.8 Å². The third-order valence-corrected chi connectivity index (χ3v) is 4.25. The first-order valence-corrected chi connectivity index (χ1v) is 5.81. The van der Waals surface area contributed by atoms with Gasteiger partial charge in [-0.2, -0.15) is 0 Å². The first-order valence-electron chi connectivity index (χ1n) is 4.66. The summed E-state index contributed by atoms with van der Waals surface area (Å²) in [5.74, 6) is -0.500. The monoisotopic (exact) mass is 220 g/mol. The molecule has 0 aliphatic carbocycles. The number of nitrogens with one attached hydrogen (secondary N) is 1. The van der Waals surface area contributed by atoms with E-state index in [1.165, 1.54) is 0 Å². The summed E-state index contributed by atoms with van der Waals surface area (Å²) in [5, 5.41) is 0. The van der Waals surface area contributed by atoms with E-state index < -0.39 is 21.6 Å². The molecule has 1 fully saturated rings. The minimum Gasteiger partial charge on any atom is -0.381 e. The Bertz CT molecular complexity index is 239. The topological polar surface area (TPSA) is 81.4 Å². The van der Waals surface area contributed by atoms with Crippen molar-refractivity contribution in [3.8, 4) is 0 Å². The molecule has 14 heavy (non-hydrogen) atoms. The average molecular weight is 220 g/mol.